The van der Waals surface area contributed by atoms with Gasteiger partial charge in [0.15, 0.2) is 12.0 Å². The Morgan fingerprint density at radius 2 is 2.20 bits per heavy atom. The Labute approximate surface area is 84.9 Å². The van der Waals surface area contributed by atoms with Crippen LogP contribution in [0.2, 0.25) is 0 Å². The molecule has 0 saturated carbocycles. The molecule has 5 nitrogen and oxygen atoms in total. The second kappa shape index (κ2) is 3.83. The minimum atomic E-state index is -1.04. The summed E-state index contributed by atoms with van der Waals surface area (Å²) in [6, 6.07) is 6.35. The Morgan fingerprint density at radius 3 is 2.87 bits per heavy atom. The molecule has 2 aromatic rings. The van der Waals surface area contributed by atoms with Crippen LogP contribution < -0.4 is 4.74 Å². The molecule has 0 amide bonds. The number of rotatable bonds is 3. The topological polar surface area (TPSA) is 72.6 Å². The van der Waals surface area contributed by atoms with Gasteiger partial charge in [0.1, 0.15) is 17.5 Å². The van der Waals surface area contributed by atoms with Gasteiger partial charge >= 0.3 is 5.97 Å². The van der Waals surface area contributed by atoms with Crippen molar-refractivity contribution in [3.8, 4) is 11.5 Å². The van der Waals surface area contributed by atoms with Gasteiger partial charge in [-0.25, -0.2) is 4.79 Å². The third-order valence-corrected chi connectivity index (χ3v) is 1.75. The summed E-state index contributed by atoms with van der Waals surface area (Å²) >= 11 is 0. The summed E-state index contributed by atoms with van der Waals surface area (Å²) in [5, 5.41) is 12.3. The lowest BCUT2D eigenvalue weighted by Gasteiger charge is -2.04. The predicted molar refractivity (Wildman–Crippen MR) is 50.0 cm³/mol. The number of aromatic nitrogens is 1. The fourth-order valence-electron chi connectivity index (χ4n) is 1.10. The summed E-state index contributed by atoms with van der Waals surface area (Å²) in [6.45, 7) is 0. The lowest BCUT2D eigenvalue weighted by atomic mass is 10.2. The fourth-order valence-corrected chi connectivity index (χ4v) is 1.10. The third kappa shape index (κ3) is 1.96. The van der Waals surface area contributed by atoms with Crippen molar-refractivity contribution in [3.05, 3.63) is 42.3 Å². The van der Waals surface area contributed by atoms with Crippen LogP contribution in [0.15, 0.2) is 41.2 Å². The van der Waals surface area contributed by atoms with Gasteiger partial charge in [0.05, 0.1) is 0 Å². The van der Waals surface area contributed by atoms with Gasteiger partial charge in [-0.05, 0) is 12.1 Å². The number of aromatic carboxylic acids is 1. The van der Waals surface area contributed by atoms with Crippen molar-refractivity contribution in [1.82, 2.24) is 5.16 Å². The van der Waals surface area contributed by atoms with E-state index in [4.69, 9.17) is 9.84 Å². The molecule has 76 valence electrons. The van der Waals surface area contributed by atoms with Crippen LogP contribution in [0.3, 0.4) is 0 Å². The van der Waals surface area contributed by atoms with Crippen LogP contribution in [0.5, 0.6) is 11.5 Å². The molecule has 0 fully saturated rings. The number of benzene rings is 1. The molecular formula is C10H7NO4. The first-order valence-corrected chi connectivity index (χ1v) is 4.17. The van der Waals surface area contributed by atoms with Crippen LogP contribution in [0.1, 0.15) is 10.4 Å². The van der Waals surface area contributed by atoms with Crippen molar-refractivity contribution in [2.45, 2.75) is 0 Å². The summed E-state index contributed by atoms with van der Waals surface area (Å²) < 4.78 is 9.84. The first-order valence-electron chi connectivity index (χ1n) is 4.17. The van der Waals surface area contributed by atoms with Crippen LogP contribution in [0, 0.1) is 0 Å². The molecule has 0 aliphatic carbocycles. The van der Waals surface area contributed by atoms with Crippen LogP contribution in [0.4, 0.5) is 0 Å². The van der Waals surface area contributed by atoms with Crippen molar-refractivity contribution in [3.63, 3.8) is 0 Å². The zero-order valence-corrected chi connectivity index (χ0v) is 7.58. The summed E-state index contributed by atoms with van der Waals surface area (Å²) in [5.41, 5.74) is 0.0960. The lowest BCUT2D eigenvalue weighted by molar-refractivity contribution is 0.0694. The lowest BCUT2D eigenvalue weighted by Crippen LogP contribution is -1.99. The standard InChI is InChI=1S/C10H7NO4/c12-10(13)8-3-1-2-4-9(8)15-7-5-11-14-6-7/h1-6H,(H,12,13). The monoisotopic (exact) mass is 205 g/mol. The van der Waals surface area contributed by atoms with E-state index in [-0.39, 0.29) is 11.3 Å². The molecular weight excluding hydrogens is 198 g/mol. The first kappa shape index (κ1) is 9.26. The summed E-state index contributed by atoms with van der Waals surface area (Å²) in [7, 11) is 0. The van der Waals surface area contributed by atoms with Gasteiger partial charge in [0.25, 0.3) is 0 Å². The van der Waals surface area contributed by atoms with Crippen LogP contribution in [-0.2, 0) is 0 Å². The maximum Gasteiger partial charge on any atom is 0.339 e. The van der Waals surface area contributed by atoms with Gasteiger partial charge in [0.2, 0.25) is 0 Å². The molecule has 5 heteroatoms. The molecule has 0 atom stereocenters. The molecule has 0 unspecified atom stereocenters. The number of carboxylic acid groups (broad SMARTS) is 1. The Hall–Kier alpha value is -2.30. The number of hydrogen-bond acceptors (Lipinski definition) is 4. The zero-order valence-electron chi connectivity index (χ0n) is 7.58. The second-order valence-electron chi connectivity index (χ2n) is 2.76. The van der Waals surface area contributed by atoms with Gasteiger partial charge in [-0.1, -0.05) is 17.3 Å². The average Bonchev–Trinajstić information content (AvgIpc) is 2.71. The van der Waals surface area contributed by atoms with Crippen LogP contribution in [-0.4, -0.2) is 16.2 Å². The van der Waals surface area contributed by atoms with E-state index in [1.54, 1.807) is 18.2 Å². The highest BCUT2D eigenvalue weighted by Gasteiger charge is 2.11. The molecule has 0 spiro atoms. The summed E-state index contributed by atoms with van der Waals surface area (Å²) in [4.78, 5) is 10.8. The molecule has 0 aliphatic rings. The SMILES string of the molecule is O=C(O)c1ccccc1Oc1cnoc1. The van der Waals surface area contributed by atoms with E-state index >= 15 is 0 Å². The first-order chi connectivity index (χ1) is 7.27. The average molecular weight is 205 g/mol. The molecule has 0 saturated heterocycles. The number of nitrogens with zero attached hydrogens (tertiary/aromatic N) is 1. The Balaban J connectivity index is 2.32. The Morgan fingerprint density at radius 1 is 1.40 bits per heavy atom. The minimum Gasteiger partial charge on any atom is -0.478 e. The summed E-state index contributed by atoms with van der Waals surface area (Å²) in [5.74, 6) is -0.418. The van der Waals surface area contributed by atoms with Crippen molar-refractivity contribution >= 4 is 5.97 Å². The smallest absolute Gasteiger partial charge is 0.339 e. The largest absolute Gasteiger partial charge is 0.478 e. The normalized spacial score (nSPS) is 9.87. The van der Waals surface area contributed by atoms with E-state index in [9.17, 15) is 4.79 Å². The number of para-hydroxylation sites is 1. The van der Waals surface area contributed by atoms with E-state index in [0.29, 0.717) is 5.75 Å². The van der Waals surface area contributed by atoms with E-state index in [2.05, 4.69) is 9.68 Å². The highest BCUT2D eigenvalue weighted by atomic mass is 16.5. The molecule has 0 bridgehead atoms. The molecule has 1 aromatic heterocycles. The molecule has 0 radical (unpaired) electrons. The van der Waals surface area contributed by atoms with Crippen molar-refractivity contribution < 1.29 is 19.2 Å². The number of carbonyl (C=O) groups is 1. The molecule has 1 heterocycles. The van der Waals surface area contributed by atoms with Crippen molar-refractivity contribution in [2.24, 2.45) is 0 Å². The van der Waals surface area contributed by atoms with Crippen LogP contribution in [0.25, 0.3) is 0 Å². The fraction of sp³-hybridized carbons (Fsp3) is 0. The Bertz CT molecular complexity index is 464. The number of hydrogen-bond donors (Lipinski definition) is 1. The minimum absolute atomic E-state index is 0.0960. The molecule has 15 heavy (non-hydrogen) atoms. The maximum absolute atomic E-state index is 10.8. The zero-order chi connectivity index (χ0) is 10.7. The third-order valence-electron chi connectivity index (χ3n) is 1.75. The van der Waals surface area contributed by atoms with Crippen molar-refractivity contribution in [2.75, 3.05) is 0 Å². The Kier molecular flexibility index (Phi) is 2.37. The van der Waals surface area contributed by atoms with Crippen LogP contribution >= 0.6 is 0 Å². The van der Waals surface area contributed by atoms with Gasteiger partial charge < -0.3 is 14.4 Å². The van der Waals surface area contributed by atoms with Gasteiger partial charge in [-0.3, -0.25) is 0 Å². The second-order valence-corrected chi connectivity index (χ2v) is 2.76. The van der Waals surface area contributed by atoms with Gasteiger partial charge in [-0.15, -0.1) is 0 Å². The number of carboxylic acids is 1. The predicted octanol–water partition coefficient (Wildman–Crippen LogP) is 2.17. The van der Waals surface area contributed by atoms with Gasteiger partial charge in [0, 0.05) is 0 Å². The highest BCUT2D eigenvalue weighted by molar-refractivity contribution is 5.90. The molecule has 1 aromatic carbocycles. The quantitative estimate of drug-likeness (QED) is 0.831. The molecule has 0 aliphatic heterocycles. The number of ether oxygens (including phenoxy) is 1. The van der Waals surface area contributed by atoms with E-state index in [1.807, 2.05) is 0 Å². The summed E-state index contributed by atoms with van der Waals surface area (Å²) in [6.07, 6.45) is 2.65. The molecule has 2 rings (SSSR count). The van der Waals surface area contributed by atoms with E-state index in [1.165, 1.54) is 18.5 Å². The highest BCUT2D eigenvalue weighted by Crippen LogP contribution is 2.24. The van der Waals surface area contributed by atoms with E-state index < -0.39 is 5.97 Å². The maximum atomic E-state index is 10.8. The van der Waals surface area contributed by atoms with Crippen molar-refractivity contribution in [1.29, 1.82) is 0 Å². The van der Waals surface area contributed by atoms with Gasteiger partial charge in [-0.2, -0.15) is 0 Å². The van der Waals surface area contributed by atoms with E-state index in [0.717, 1.165) is 0 Å². The molecule has 1 N–H and O–H groups in total.